The van der Waals surface area contributed by atoms with Crippen molar-refractivity contribution in [3.8, 4) is 5.75 Å². The van der Waals surface area contributed by atoms with Crippen molar-refractivity contribution >= 4 is 15.7 Å². The molecule has 0 heterocycles. The van der Waals surface area contributed by atoms with Gasteiger partial charge in [-0.3, -0.25) is 4.79 Å². The van der Waals surface area contributed by atoms with Crippen LogP contribution in [0.4, 0.5) is 0 Å². The maximum Gasteiger partial charge on any atom is 0.254 e. The fourth-order valence-corrected chi connectivity index (χ4v) is 3.33. The topological polar surface area (TPSA) is 63.7 Å². The minimum Gasteiger partial charge on any atom is -0.497 e. The molecule has 0 spiro atoms. The quantitative estimate of drug-likeness (QED) is 0.793. The normalized spacial score (nSPS) is 12.5. The molecular weight excluding hydrogens is 338 g/mol. The molecule has 0 aliphatic carbocycles. The van der Waals surface area contributed by atoms with E-state index in [-0.39, 0.29) is 17.7 Å². The largest absolute Gasteiger partial charge is 0.497 e. The van der Waals surface area contributed by atoms with E-state index in [4.69, 9.17) is 4.74 Å². The highest BCUT2D eigenvalue weighted by molar-refractivity contribution is 7.89. The molecule has 2 aromatic carbocycles. The van der Waals surface area contributed by atoms with Gasteiger partial charge in [-0.15, -0.1) is 0 Å². The monoisotopic (exact) mass is 361 g/mol. The Morgan fingerprint density at radius 1 is 1.08 bits per heavy atom. The van der Waals surface area contributed by atoms with Gasteiger partial charge in [0.25, 0.3) is 5.91 Å². The number of nitrogens with zero attached hydrogens (tertiary/aromatic N) is 1. The first-order valence-corrected chi connectivity index (χ1v) is 9.95. The van der Waals surface area contributed by atoms with Crippen molar-refractivity contribution in [1.82, 2.24) is 4.90 Å². The lowest BCUT2D eigenvalue weighted by molar-refractivity contribution is 0.0742. The maximum absolute atomic E-state index is 12.7. The van der Waals surface area contributed by atoms with Crippen LogP contribution in [0.25, 0.3) is 0 Å². The molecule has 0 aliphatic rings. The van der Waals surface area contributed by atoms with Crippen molar-refractivity contribution in [3.05, 3.63) is 65.2 Å². The van der Waals surface area contributed by atoms with E-state index in [1.54, 1.807) is 43.3 Å². The number of rotatable bonds is 6. The molecule has 0 radical (unpaired) electrons. The predicted molar refractivity (Wildman–Crippen MR) is 98.5 cm³/mol. The van der Waals surface area contributed by atoms with Crippen molar-refractivity contribution in [2.45, 2.75) is 18.7 Å². The first-order chi connectivity index (χ1) is 11.7. The third kappa shape index (κ3) is 5.06. The summed E-state index contributed by atoms with van der Waals surface area (Å²) < 4.78 is 27.8. The minimum absolute atomic E-state index is 0.0282. The molecule has 1 unspecified atom stereocenters. The highest BCUT2D eigenvalue weighted by Gasteiger charge is 2.19. The van der Waals surface area contributed by atoms with E-state index in [0.717, 1.165) is 11.3 Å². The van der Waals surface area contributed by atoms with Gasteiger partial charge in [0, 0.05) is 18.9 Å². The lowest BCUT2D eigenvalue weighted by Crippen LogP contribution is -2.29. The number of carbonyl (C=O) groups excluding carboxylic acids is 1. The van der Waals surface area contributed by atoms with Crippen molar-refractivity contribution in [2.75, 3.05) is 20.4 Å². The molecule has 134 valence electrons. The van der Waals surface area contributed by atoms with Crippen LogP contribution in [0.3, 0.4) is 0 Å². The first kappa shape index (κ1) is 19.0. The van der Waals surface area contributed by atoms with Gasteiger partial charge >= 0.3 is 0 Å². The van der Waals surface area contributed by atoms with Gasteiger partial charge in [0.05, 0.1) is 18.9 Å². The second kappa shape index (κ2) is 7.70. The van der Waals surface area contributed by atoms with E-state index in [1.807, 2.05) is 31.2 Å². The van der Waals surface area contributed by atoms with E-state index in [0.29, 0.717) is 11.1 Å². The summed E-state index contributed by atoms with van der Waals surface area (Å²) in [6.45, 7) is 1.96. The number of hydrogen-bond acceptors (Lipinski definition) is 4. The number of sulfone groups is 1. The summed E-state index contributed by atoms with van der Waals surface area (Å²) in [5, 5.41) is 0. The summed E-state index contributed by atoms with van der Waals surface area (Å²) >= 11 is 0. The Labute approximate surface area is 149 Å². The molecule has 2 rings (SSSR count). The van der Waals surface area contributed by atoms with Crippen molar-refractivity contribution in [3.63, 3.8) is 0 Å². The second-order valence-corrected chi connectivity index (χ2v) is 8.27. The number of ether oxygens (including phenoxy) is 1. The summed E-state index contributed by atoms with van der Waals surface area (Å²) in [6.07, 6.45) is 1.19. The van der Waals surface area contributed by atoms with Crippen LogP contribution in [0.1, 0.15) is 34.5 Å². The van der Waals surface area contributed by atoms with Crippen LogP contribution in [-0.4, -0.2) is 39.6 Å². The fourth-order valence-electron chi connectivity index (χ4n) is 2.53. The zero-order valence-corrected chi connectivity index (χ0v) is 15.7. The van der Waals surface area contributed by atoms with Crippen LogP contribution >= 0.6 is 0 Å². The van der Waals surface area contributed by atoms with E-state index in [1.165, 1.54) is 6.26 Å². The van der Waals surface area contributed by atoms with Gasteiger partial charge < -0.3 is 9.64 Å². The van der Waals surface area contributed by atoms with Crippen molar-refractivity contribution in [2.24, 2.45) is 0 Å². The van der Waals surface area contributed by atoms with Crippen molar-refractivity contribution in [1.29, 1.82) is 0 Å². The minimum atomic E-state index is -3.09. The number of benzene rings is 2. The molecule has 0 N–H and O–H groups in total. The highest BCUT2D eigenvalue weighted by Crippen LogP contribution is 2.23. The van der Waals surface area contributed by atoms with Crippen LogP contribution in [-0.2, 0) is 15.6 Å². The number of amides is 1. The summed E-state index contributed by atoms with van der Waals surface area (Å²) in [7, 11) is 0.277. The SMILES string of the molecule is COc1ccc(C(C)N(C)C(=O)c2ccc(CS(C)(=O)=O)cc2)cc1. The Morgan fingerprint density at radius 2 is 1.64 bits per heavy atom. The molecule has 6 heteroatoms. The Balaban J connectivity index is 2.12. The second-order valence-electron chi connectivity index (χ2n) is 6.13. The van der Waals surface area contributed by atoms with E-state index < -0.39 is 9.84 Å². The summed E-state index contributed by atoms with van der Waals surface area (Å²) in [6, 6.07) is 14.2. The predicted octanol–water partition coefficient (Wildman–Crippen LogP) is 3.07. The molecule has 0 aliphatic heterocycles. The number of methoxy groups -OCH3 is 1. The van der Waals surface area contributed by atoms with E-state index >= 15 is 0 Å². The van der Waals surface area contributed by atoms with Crippen LogP contribution in [0, 0.1) is 0 Å². The van der Waals surface area contributed by atoms with Crippen molar-refractivity contribution < 1.29 is 17.9 Å². The van der Waals surface area contributed by atoms with E-state index in [9.17, 15) is 13.2 Å². The third-order valence-electron chi connectivity index (χ3n) is 4.13. The molecule has 1 atom stereocenters. The molecule has 2 aromatic rings. The van der Waals surface area contributed by atoms with Crippen LogP contribution < -0.4 is 4.74 Å². The molecular formula is C19H23NO4S. The molecule has 1 amide bonds. The average molecular weight is 361 g/mol. The summed E-state index contributed by atoms with van der Waals surface area (Å²) in [5.41, 5.74) is 2.20. The standard InChI is InChI=1S/C19H23NO4S/c1-14(16-9-11-18(24-3)12-10-16)20(2)19(21)17-7-5-15(6-8-17)13-25(4,22)23/h5-12,14H,13H2,1-4H3. The Hall–Kier alpha value is -2.34. The van der Waals surface area contributed by atoms with Crippen LogP contribution in [0.15, 0.2) is 48.5 Å². The number of carbonyl (C=O) groups is 1. The summed E-state index contributed by atoms with van der Waals surface area (Å²) in [5.74, 6) is 0.625. The smallest absolute Gasteiger partial charge is 0.254 e. The molecule has 0 bridgehead atoms. The zero-order valence-electron chi connectivity index (χ0n) is 14.9. The Kier molecular flexibility index (Phi) is 5.85. The van der Waals surface area contributed by atoms with Gasteiger partial charge in [-0.05, 0) is 42.3 Å². The molecule has 0 saturated carbocycles. The first-order valence-electron chi connectivity index (χ1n) is 7.89. The highest BCUT2D eigenvalue weighted by atomic mass is 32.2. The van der Waals surface area contributed by atoms with Gasteiger partial charge in [0.2, 0.25) is 0 Å². The Bertz CT molecular complexity index is 827. The van der Waals surface area contributed by atoms with Gasteiger partial charge in [-0.25, -0.2) is 8.42 Å². The molecule has 0 saturated heterocycles. The Morgan fingerprint density at radius 3 is 2.12 bits per heavy atom. The van der Waals surface area contributed by atoms with E-state index in [2.05, 4.69) is 0 Å². The average Bonchev–Trinajstić information content (AvgIpc) is 2.59. The van der Waals surface area contributed by atoms with Gasteiger partial charge in [0.1, 0.15) is 5.75 Å². The van der Waals surface area contributed by atoms with Crippen LogP contribution in [0.2, 0.25) is 0 Å². The zero-order chi connectivity index (χ0) is 18.6. The maximum atomic E-state index is 12.7. The lowest BCUT2D eigenvalue weighted by atomic mass is 10.1. The third-order valence-corrected chi connectivity index (χ3v) is 4.99. The fraction of sp³-hybridized carbons (Fsp3) is 0.316. The lowest BCUT2D eigenvalue weighted by Gasteiger charge is -2.25. The molecule has 0 aromatic heterocycles. The molecule has 25 heavy (non-hydrogen) atoms. The summed E-state index contributed by atoms with van der Waals surface area (Å²) in [4.78, 5) is 14.3. The molecule has 5 nitrogen and oxygen atoms in total. The molecule has 0 fully saturated rings. The van der Waals surface area contributed by atoms with Crippen LogP contribution in [0.5, 0.6) is 5.75 Å². The van der Waals surface area contributed by atoms with Gasteiger partial charge in [0.15, 0.2) is 9.84 Å². The van der Waals surface area contributed by atoms with Gasteiger partial charge in [-0.2, -0.15) is 0 Å². The van der Waals surface area contributed by atoms with Gasteiger partial charge in [-0.1, -0.05) is 24.3 Å². The number of hydrogen-bond donors (Lipinski definition) is 0.